The number of allylic oxidation sites excluding steroid dienone is 2. The van der Waals surface area contributed by atoms with Gasteiger partial charge in [0.05, 0.1) is 0 Å². The smallest absolute Gasteiger partial charge is 0.163 e. The van der Waals surface area contributed by atoms with Gasteiger partial charge in [-0.15, -0.1) is 0 Å². The van der Waals surface area contributed by atoms with E-state index in [0.717, 1.165) is 5.56 Å². The molecule has 1 aromatic carbocycles. The number of ketones is 1. The van der Waals surface area contributed by atoms with Gasteiger partial charge in [0.25, 0.3) is 0 Å². The van der Waals surface area contributed by atoms with Crippen LogP contribution >= 0.6 is 0 Å². The van der Waals surface area contributed by atoms with Crippen molar-refractivity contribution in [2.24, 2.45) is 5.92 Å². The minimum absolute atomic E-state index is 0.320. The van der Waals surface area contributed by atoms with Crippen LogP contribution in [0.25, 0.3) is 0 Å². The van der Waals surface area contributed by atoms with Crippen LogP contribution in [-0.4, -0.2) is 5.78 Å². The molecule has 23 heavy (non-hydrogen) atoms. The van der Waals surface area contributed by atoms with E-state index in [0.29, 0.717) is 18.1 Å². The fraction of sp³-hybridized carbons (Fsp3) is 0.591. The molecule has 0 radical (unpaired) electrons. The molecule has 1 aliphatic carbocycles. The predicted molar refractivity (Wildman–Crippen MR) is 98.8 cm³/mol. The van der Waals surface area contributed by atoms with Crippen molar-refractivity contribution in [2.45, 2.75) is 78.1 Å². The van der Waals surface area contributed by atoms with Gasteiger partial charge in [-0.05, 0) is 50.9 Å². The number of rotatable bonds is 9. The van der Waals surface area contributed by atoms with Gasteiger partial charge in [-0.25, -0.2) is 0 Å². The van der Waals surface area contributed by atoms with Gasteiger partial charge in [0.1, 0.15) is 0 Å². The van der Waals surface area contributed by atoms with Gasteiger partial charge in [-0.2, -0.15) is 0 Å². The zero-order valence-corrected chi connectivity index (χ0v) is 14.9. The Labute approximate surface area is 142 Å². The van der Waals surface area contributed by atoms with E-state index in [9.17, 15) is 4.79 Å². The minimum atomic E-state index is 0.320. The lowest BCUT2D eigenvalue weighted by molar-refractivity contribution is 0.0968. The van der Waals surface area contributed by atoms with Crippen molar-refractivity contribution in [3.63, 3.8) is 0 Å². The lowest BCUT2D eigenvalue weighted by atomic mass is 9.87. The van der Waals surface area contributed by atoms with Gasteiger partial charge < -0.3 is 0 Å². The molecule has 0 saturated heterocycles. The van der Waals surface area contributed by atoms with Crippen molar-refractivity contribution < 1.29 is 4.79 Å². The molecule has 0 aliphatic heterocycles. The first-order valence-electron chi connectivity index (χ1n) is 9.55. The molecule has 1 nitrogen and oxygen atoms in total. The number of unbranched alkanes of at least 4 members (excludes halogenated alkanes) is 2. The van der Waals surface area contributed by atoms with E-state index in [4.69, 9.17) is 0 Å². The summed E-state index contributed by atoms with van der Waals surface area (Å²) in [5.41, 5.74) is 4.22. The molecule has 0 heterocycles. The Kier molecular flexibility index (Phi) is 7.58. The van der Waals surface area contributed by atoms with Crippen molar-refractivity contribution >= 4 is 5.78 Å². The molecule has 1 aromatic rings. The molecular weight excluding hydrogens is 280 g/mol. The summed E-state index contributed by atoms with van der Waals surface area (Å²) in [5.74, 6) is 0.826. The van der Waals surface area contributed by atoms with Crippen molar-refractivity contribution in [1.82, 2.24) is 0 Å². The summed E-state index contributed by atoms with van der Waals surface area (Å²) in [7, 11) is 0. The molecule has 0 spiro atoms. The third-order valence-corrected chi connectivity index (χ3v) is 5.14. The maximum atomic E-state index is 12.6. The van der Waals surface area contributed by atoms with Crippen LogP contribution in [0.1, 0.15) is 88.4 Å². The van der Waals surface area contributed by atoms with Crippen LogP contribution in [0.15, 0.2) is 41.5 Å². The molecule has 1 atom stereocenters. The second-order valence-electron chi connectivity index (χ2n) is 6.92. The molecule has 1 unspecified atom stereocenters. The quantitative estimate of drug-likeness (QED) is 0.364. The topological polar surface area (TPSA) is 17.1 Å². The van der Waals surface area contributed by atoms with Crippen molar-refractivity contribution in [1.29, 1.82) is 0 Å². The Morgan fingerprint density at radius 1 is 1.04 bits per heavy atom. The number of benzene rings is 1. The first-order valence-corrected chi connectivity index (χ1v) is 9.55. The molecule has 2 rings (SSSR count). The number of hydrogen-bond donors (Lipinski definition) is 0. The summed E-state index contributed by atoms with van der Waals surface area (Å²) in [4.78, 5) is 12.6. The molecule has 1 fully saturated rings. The lowest BCUT2D eigenvalue weighted by Crippen LogP contribution is -2.09. The highest BCUT2D eigenvalue weighted by molar-refractivity contribution is 5.96. The molecular formula is C22H32O. The average molecular weight is 312 g/mol. The van der Waals surface area contributed by atoms with Crippen LogP contribution in [-0.2, 0) is 0 Å². The number of carbonyl (C=O) groups is 1. The van der Waals surface area contributed by atoms with E-state index in [-0.39, 0.29) is 0 Å². The first-order chi connectivity index (χ1) is 11.3. The highest BCUT2D eigenvalue weighted by Crippen LogP contribution is 2.39. The standard InChI is InChI=1S/C22H32O/c1-3-5-11-18(12-6-4-2)21-16-10-15-20(21)17-22(23)19-13-8-7-9-14-19/h7-9,13-14,20H,3-6,10-12,15-17H2,1-2H3. The fourth-order valence-corrected chi connectivity index (χ4v) is 3.80. The molecule has 0 amide bonds. The van der Waals surface area contributed by atoms with Gasteiger partial charge in [-0.3, -0.25) is 4.79 Å². The van der Waals surface area contributed by atoms with Crippen LogP contribution < -0.4 is 0 Å². The Morgan fingerprint density at radius 3 is 2.30 bits per heavy atom. The van der Waals surface area contributed by atoms with Crippen LogP contribution in [0, 0.1) is 5.92 Å². The Hall–Kier alpha value is -1.37. The molecule has 0 aromatic heterocycles. The average Bonchev–Trinajstić information content (AvgIpc) is 3.04. The second kappa shape index (κ2) is 9.70. The maximum Gasteiger partial charge on any atom is 0.163 e. The fourth-order valence-electron chi connectivity index (χ4n) is 3.80. The largest absolute Gasteiger partial charge is 0.294 e. The van der Waals surface area contributed by atoms with Crippen LogP contribution in [0.5, 0.6) is 0 Å². The highest BCUT2D eigenvalue weighted by Gasteiger charge is 2.26. The summed E-state index contributed by atoms with van der Waals surface area (Å²) in [6.07, 6.45) is 12.0. The zero-order chi connectivity index (χ0) is 16.5. The van der Waals surface area contributed by atoms with Gasteiger partial charge >= 0.3 is 0 Å². The SMILES string of the molecule is CCCCC(CCCC)=C1CCCC1CC(=O)c1ccccc1. The van der Waals surface area contributed by atoms with Gasteiger partial charge in [-0.1, -0.05) is 68.2 Å². The number of Topliss-reactive ketones (excluding diaryl/α,β-unsaturated/α-hetero) is 1. The number of carbonyl (C=O) groups excluding carboxylic acids is 1. The lowest BCUT2D eigenvalue weighted by Gasteiger charge is -2.18. The maximum absolute atomic E-state index is 12.6. The molecule has 0 bridgehead atoms. The Morgan fingerprint density at radius 2 is 1.70 bits per heavy atom. The third-order valence-electron chi connectivity index (χ3n) is 5.14. The van der Waals surface area contributed by atoms with E-state index in [1.807, 2.05) is 30.3 Å². The van der Waals surface area contributed by atoms with E-state index >= 15 is 0 Å². The molecule has 126 valence electrons. The van der Waals surface area contributed by atoms with Crippen molar-refractivity contribution in [2.75, 3.05) is 0 Å². The summed E-state index contributed by atoms with van der Waals surface area (Å²) in [6, 6.07) is 9.82. The molecule has 1 heteroatoms. The molecule has 1 aliphatic rings. The van der Waals surface area contributed by atoms with Crippen LogP contribution in [0.4, 0.5) is 0 Å². The summed E-state index contributed by atoms with van der Waals surface area (Å²) < 4.78 is 0. The second-order valence-corrected chi connectivity index (χ2v) is 6.92. The van der Waals surface area contributed by atoms with Gasteiger partial charge in [0.2, 0.25) is 0 Å². The summed E-state index contributed by atoms with van der Waals surface area (Å²) in [5, 5.41) is 0. The van der Waals surface area contributed by atoms with Crippen molar-refractivity contribution in [3.05, 3.63) is 47.0 Å². The van der Waals surface area contributed by atoms with E-state index in [2.05, 4.69) is 13.8 Å². The van der Waals surface area contributed by atoms with E-state index in [1.165, 1.54) is 57.8 Å². The van der Waals surface area contributed by atoms with E-state index < -0.39 is 0 Å². The highest BCUT2D eigenvalue weighted by atomic mass is 16.1. The summed E-state index contributed by atoms with van der Waals surface area (Å²) in [6.45, 7) is 4.54. The molecule has 0 N–H and O–H groups in total. The van der Waals surface area contributed by atoms with E-state index in [1.54, 1.807) is 11.1 Å². The minimum Gasteiger partial charge on any atom is -0.294 e. The zero-order valence-electron chi connectivity index (χ0n) is 14.9. The first kappa shape index (κ1) is 18.0. The van der Waals surface area contributed by atoms with Crippen molar-refractivity contribution in [3.8, 4) is 0 Å². The van der Waals surface area contributed by atoms with Crippen LogP contribution in [0.3, 0.4) is 0 Å². The normalized spacial score (nSPS) is 17.5. The Bertz CT molecular complexity index is 502. The molecule has 1 saturated carbocycles. The monoisotopic (exact) mass is 312 g/mol. The van der Waals surface area contributed by atoms with Gasteiger partial charge in [0.15, 0.2) is 5.78 Å². The van der Waals surface area contributed by atoms with Gasteiger partial charge in [0, 0.05) is 12.0 Å². The summed E-state index contributed by atoms with van der Waals surface area (Å²) >= 11 is 0. The Balaban J connectivity index is 2.09. The van der Waals surface area contributed by atoms with Crippen LogP contribution in [0.2, 0.25) is 0 Å². The number of hydrogen-bond acceptors (Lipinski definition) is 1. The third kappa shape index (κ3) is 5.34. The predicted octanol–water partition coefficient (Wildman–Crippen LogP) is 6.74.